The number of rotatable bonds is 7. The SMILES string of the molecule is C[C@H](NC(=O)CN(C)Cc1ccccc1F)c1ccc(S(N)(=O)=O)cc1. The molecular weight excluding hydrogens is 357 g/mol. The van der Waals surface area contributed by atoms with Crippen molar-refractivity contribution in [3.05, 3.63) is 65.5 Å². The minimum Gasteiger partial charge on any atom is -0.348 e. The zero-order valence-corrected chi connectivity index (χ0v) is 15.5. The summed E-state index contributed by atoms with van der Waals surface area (Å²) >= 11 is 0. The predicted octanol–water partition coefficient (Wildman–Crippen LogP) is 1.78. The molecule has 1 atom stereocenters. The molecule has 0 heterocycles. The number of benzene rings is 2. The van der Waals surface area contributed by atoms with E-state index in [-0.39, 0.29) is 29.2 Å². The van der Waals surface area contributed by atoms with Gasteiger partial charge in [0.15, 0.2) is 0 Å². The first kappa shape index (κ1) is 20.0. The first-order chi connectivity index (χ1) is 12.2. The number of nitrogens with zero attached hydrogens (tertiary/aromatic N) is 1. The van der Waals surface area contributed by atoms with Crippen molar-refractivity contribution in [2.45, 2.75) is 24.4 Å². The lowest BCUT2D eigenvalue weighted by Gasteiger charge is -2.19. The van der Waals surface area contributed by atoms with E-state index in [0.717, 1.165) is 5.56 Å². The number of nitrogens with two attached hydrogens (primary N) is 1. The lowest BCUT2D eigenvalue weighted by atomic mass is 10.1. The van der Waals surface area contributed by atoms with Crippen molar-refractivity contribution in [1.82, 2.24) is 10.2 Å². The molecule has 0 saturated carbocycles. The Kier molecular flexibility index (Phi) is 6.47. The fraction of sp³-hybridized carbons (Fsp3) is 0.278. The Morgan fingerprint density at radius 1 is 1.19 bits per heavy atom. The molecule has 0 radical (unpaired) electrons. The van der Waals surface area contributed by atoms with Gasteiger partial charge in [0.1, 0.15) is 5.82 Å². The summed E-state index contributed by atoms with van der Waals surface area (Å²) in [5.41, 5.74) is 1.27. The predicted molar refractivity (Wildman–Crippen MR) is 97.1 cm³/mol. The molecule has 1 amide bonds. The normalized spacial score (nSPS) is 12.8. The summed E-state index contributed by atoms with van der Waals surface area (Å²) in [5, 5.41) is 7.89. The number of halogens is 1. The van der Waals surface area contributed by atoms with E-state index >= 15 is 0 Å². The number of likely N-dealkylation sites (N-methyl/N-ethyl adjacent to an activating group) is 1. The molecule has 26 heavy (non-hydrogen) atoms. The van der Waals surface area contributed by atoms with E-state index in [2.05, 4.69) is 5.32 Å². The summed E-state index contributed by atoms with van der Waals surface area (Å²) in [5.74, 6) is -0.519. The van der Waals surface area contributed by atoms with Gasteiger partial charge in [-0.1, -0.05) is 30.3 Å². The van der Waals surface area contributed by atoms with Crippen LogP contribution in [0.25, 0.3) is 0 Å². The van der Waals surface area contributed by atoms with Gasteiger partial charge < -0.3 is 5.32 Å². The molecule has 2 aromatic carbocycles. The van der Waals surface area contributed by atoms with Crippen LogP contribution in [-0.2, 0) is 21.4 Å². The molecule has 140 valence electrons. The molecule has 2 rings (SSSR count). The molecule has 2 aromatic rings. The Morgan fingerprint density at radius 3 is 2.38 bits per heavy atom. The van der Waals surface area contributed by atoms with Gasteiger partial charge in [0.05, 0.1) is 17.5 Å². The van der Waals surface area contributed by atoms with Crippen molar-refractivity contribution in [2.75, 3.05) is 13.6 Å². The fourth-order valence-corrected chi connectivity index (χ4v) is 3.05. The largest absolute Gasteiger partial charge is 0.348 e. The van der Waals surface area contributed by atoms with Crippen molar-refractivity contribution in [3.63, 3.8) is 0 Å². The number of carbonyl (C=O) groups excluding carboxylic acids is 1. The van der Waals surface area contributed by atoms with E-state index in [9.17, 15) is 17.6 Å². The fourth-order valence-electron chi connectivity index (χ4n) is 2.54. The number of sulfonamides is 1. The molecule has 8 heteroatoms. The molecule has 0 aliphatic rings. The first-order valence-electron chi connectivity index (χ1n) is 8.01. The van der Waals surface area contributed by atoms with Crippen LogP contribution >= 0.6 is 0 Å². The Labute approximate surface area is 152 Å². The van der Waals surface area contributed by atoms with E-state index in [1.165, 1.54) is 18.2 Å². The maximum atomic E-state index is 13.7. The van der Waals surface area contributed by atoms with Crippen LogP contribution in [0.4, 0.5) is 4.39 Å². The number of amides is 1. The zero-order chi connectivity index (χ0) is 19.3. The number of carbonyl (C=O) groups is 1. The molecule has 0 aliphatic carbocycles. The lowest BCUT2D eigenvalue weighted by molar-refractivity contribution is -0.122. The number of hydrogen-bond donors (Lipinski definition) is 2. The third-order valence-corrected chi connectivity index (χ3v) is 4.83. The number of hydrogen-bond acceptors (Lipinski definition) is 4. The summed E-state index contributed by atoms with van der Waals surface area (Å²) in [6.07, 6.45) is 0. The minimum absolute atomic E-state index is 0.0180. The monoisotopic (exact) mass is 379 g/mol. The minimum atomic E-state index is -3.74. The topological polar surface area (TPSA) is 92.5 Å². The van der Waals surface area contributed by atoms with Crippen molar-refractivity contribution in [1.29, 1.82) is 0 Å². The van der Waals surface area contributed by atoms with E-state index in [0.29, 0.717) is 12.1 Å². The van der Waals surface area contributed by atoms with Crippen molar-refractivity contribution in [3.8, 4) is 0 Å². The Balaban J connectivity index is 1.91. The molecule has 0 spiro atoms. The van der Waals surface area contributed by atoms with E-state index in [4.69, 9.17) is 5.14 Å². The van der Waals surface area contributed by atoms with Crippen LogP contribution in [0.1, 0.15) is 24.1 Å². The third-order valence-electron chi connectivity index (χ3n) is 3.90. The molecule has 0 aromatic heterocycles. The van der Waals surface area contributed by atoms with Crippen molar-refractivity contribution < 1.29 is 17.6 Å². The standard InChI is InChI=1S/C18H22FN3O3S/c1-13(14-7-9-16(10-8-14)26(20,24)25)21-18(23)12-22(2)11-15-5-3-4-6-17(15)19/h3-10,13H,11-12H2,1-2H3,(H,21,23)(H2,20,24,25)/t13-/m0/s1. The molecular formula is C18H22FN3O3S. The average molecular weight is 379 g/mol. The average Bonchev–Trinajstić information content (AvgIpc) is 2.56. The number of primary sulfonamides is 1. The highest BCUT2D eigenvalue weighted by atomic mass is 32.2. The van der Waals surface area contributed by atoms with Gasteiger partial charge in [-0.15, -0.1) is 0 Å². The van der Waals surface area contributed by atoms with Crippen molar-refractivity contribution in [2.24, 2.45) is 5.14 Å². The number of nitrogens with one attached hydrogen (secondary N) is 1. The Morgan fingerprint density at radius 2 is 1.81 bits per heavy atom. The van der Waals surface area contributed by atoms with Gasteiger partial charge in [0, 0.05) is 12.1 Å². The molecule has 0 saturated heterocycles. The molecule has 0 aliphatic heterocycles. The van der Waals surface area contributed by atoms with E-state index < -0.39 is 10.0 Å². The summed E-state index contributed by atoms with van der Waals surface area (Å²) in [6.45, 7) is 2.21. The Hall–Kier alpha value is -2.29. The van der Waals surface area contributed by atoms with Crippen LogP contribution in [0.5, 0.6) is 0 Å². The zero-order valence-electron chi connectivity index (χ0n) is 14.6. The van der Waals surface area contributed by atoms with Crippen LogP contribution in [-0.4, -0.2) is 32.8 Å². The van der Waals surface area contributed by atoms with E-state index in [1.54, 1.807) is 49.2 Å². The van der Waals surface area contributed by atoms with Gasteiger partial charge in [-0.2, -0.15) is 0 Å². The first-order valence-corrected chi connectivity index (χ1v) is 9.55. The van der Waals surface area contributed by atoms with Crippen LogP contribution in [0, 0.1) is 5.82 Å². The van der Waals surface area contributed by atoms with Crippen LogP contribution in [0.2, 0.25) is 0 Å². The molecule has 3 N–H and O–H groups in total. The maximum absolute atomic E-state index is 13.7. The van der Waals surface area contributed by atoms with Gasteiger partial charge in [0.25, 0.3) is 0 Å². The van der Waals surface area contributed by atoms with Gasteiger partial charge in [-0.25, -0.2) is 17.9 Å². The van der Waals surface area contributed by atoms with Crippen molar-refractivity contribution >= 4 is 15.9 Å². The van der Waals surface area contributed by atoms with Crippen LogP contribution in [0.15, 0.2) is 53.4 Å². The van der Waals surface area contributed by atoms with Gasteiger partial charge in [-0.05, 0) is 37.7 Å². The highest BCUT2D eigenvalue weighted by Crippen LogP contribution is 2.15. The van der Waals surface area contributed by atoms with E-state index in [1.807, 2.05) is 0 Å². The molecule has 0 bridgehead atoms. The molecule has 0 unspecified atom stereocenters. The maximum Gasteiger partial charge on any atom is 0.238 e. The third kappa shape index (κ3) is 5.62. The highest BCUT2D eigenvalue weighted by molar-refractivity contribution is 7.89. The summed E-state index contributed by atoms with van der Waals surface area (Å²) in [4.78, 5) is 13.9. The second-order valence-electron chi connectivity index (χ2n) is 6.17. The second kappa shape index (κ2) is 8.39. The van der Waals surface area contributed by atoms with Crippen LogP contribution in [0.3, 0.4) is 0 Å². The second-order valence-corrected chi connectivity index (χ2v) is 7.73. The molecule has 0 fully saturated rings. The highest BCUT2D eigenvalue weighted by Gasteiger charge is 2.14. The Bertz CT molecular complexity index is 870. The van der Waals surface area contributed by atoms with Gasteiger partial charge >= 0.3 is 0 Å². The quantitative estimate of drug-likeness (QED) is 0.767. The molecule has 6 nitrogen and oxygen atoms in total. The lowest BCUT2D eigenvalue weighted by Crippen LogP contribution is -2.36. The summed E-state index contributed by atoms with van der Waals surface area (Å²) in [6, 6.07) is 12.1. The van der Waals surface area contributed by atoms with Crippen LogP contribution < -0.4 is 10.5 Å². The van der Waals surface area contributed by atoms with Gasteiger partial charge in [-0.3, -0.25) is 9.69 Å². The summed E-state index contributed by atoms with van der Waals surface area (Å²) in [7, 11) is -2.01. The smallest absolute Gasteiger partial charge is 0.238 e. The van der Waals surface area contributed by atoms with Gasteiger partial charge in [0.2, 0.25) is 15.9 Å². The summed E-state index contributed by atoms with van der Waals surface area (Å²) < 4.78 is 36.2.